The van der Waals surface area contributed by atoms with E-state index in [0.717, 1.165) is 0 Å². The molecule has 0 aliphatic carbocycles. The third-order valence-electron chi connectivity index (χ3n) is 4.84. The molecule has 0 unspecified atom stereocenters. The Balaban J connectivity index is 2.43. The second-order valence-electron chi connectivity index (χ2n) is 8.74. The molecule has 9 heteroatoms. The summed E-state index contributed by atoms with van der Waals surface area (Å²) < 4.78 is 21.0. The van der Waals surface area contributed by atoms with E-state index in [-0.39, 0.29) is 50.9 Å². The molecule has 0 aromatic heterocycles. The first-order chi connectivity index (χ1) is 18.7. The molecule has 0 amide bonds. The molecule has 40 heavy (non-hydrogen) atoms. The van der Waals surface area contributed by atoms with Crippen LogP contribution in [0.15, 0.2) is 91.1 Å². The van der Waals surface area contributed by atoms with Crippen molar-refractivity contribution in [1.29, 1.82) is 0 Å². The molecule has 0 spiro atoms. The number of carbonyl (C=O) groups is 5. The van der Waals surface area contributed by atoms with Gasteiger partial charge in [-0.25, -0.2) is 19.2 Å². The van der Waals surface area contributed by atoms with Crippen molar-refractivity contribution in [3.05, 3.63) is 102 Å². The molecular formula is C31H28O9. The maximum absolute atomic E-state index is 13.0. The second-order valence-corrected chi connectivity index (χ2v) is 8.74. The summed E-state index contributed by atoms with van der Waals surface area (Å²) in [5, 5.41) is 0. The standard InChI is InChI=1S/C31H28O9/c1-17(2)28(33)37-23-12-9-21(26(16-23)39-30(35)19(5)6)10-13-24(32)22-11-14-25(38-29(34)18(3)4)27(15-22)40-31(36)20(7)8/h9-16H,1,3,5,7H2,2,4,6,8H3. The van der Waals surface area contributed by atoms with Gasteiger partial charge in [-0.1, -0.05) is 26.3 Å². The number of rotatable bonds is 11. The zero-order chi connectivity index (χ0) is 30.1. The minimum atomic E-state index is -0.788. The molecule has 0 heterocycles. The van der Waals surface area contributed by atoms with Gasteiger partial charge in [0.1, 0.15) is 11.5 Å². The Morgan fingerprint density at radius 3 is 1.57 bits per heavy atom. The van der Waals surface area contributed by atoms with Gasteiger partial charge in [0.15, 0.2) is 17.3 Å². The average Bonchev–Trinajstić information content (AvgIpc) is 2.88. The van der Waals surface area contributed by atoms with Gasteiger partial charge in [-0.2, -0.15) is 0 Å². The summed E-state index contributed by atoms with van der Waals surface area (Å²) in [6, 6.07) is 8.14. The molecule has 0 bridgehead atoms. The van der Waals surface area contributed by atoms with Crippen LogP contribution in [0, 0.1) is 0 Å². The molecule has 0 fully saturated rings. The summed E-state index contributed by atoms with van der Waals surface area (Å²) in [5.41, 5.74) is 0.887. The summed E-state index contributed by atoms with van der Waals surface area (Å²) in [7, 11) is 0. The van der Waals surface area contributed by atoms with Gasteiger partial charge in [0.25, 0.3) is 0 Å². The van der Waals surface area contributed by atoms with E-state index in [9.17, 15) is 24.0 Å². The molecule has 0 aliphatic rings. The molecule has 0 saturated heterocycles. The van der Waals surface area contributed by atoms with Crippen LogP contribution in [0.3, 0.4) is 0 Å². The van der Waals surface area contributed by atoms with E-state index in [1.807, 2.05) is 0 Å². The van der Waals surface area contributed by atoms with Crippen molar-refractivity contribution in [2.45, 2.75) is 27.7 Å². The predicted octanol–water partition coefficient (Wildman–Crippen LogP) is 5.51. The molecule has 2 rings (SSSR count). The van der Waals surface area contributed by atoms with Crippen molar-refractivity contribution in [2.75, 3.05) is 0 Å². The normalized spacial score (nSPS) is 10.3. The first-order valence-electron chi connectivity index (χ1n) is 11.7. The van der Waals surface area contributed by atoms with Crippen molar-refractivity contribution < 1.29 is 42.9 Å². The Labute approximate surface area is 231 Å². The lowest BCUT2D eigenvalue weighted by atomic mass is 10.1. The third-order valence-corrected chi connectivity index (χ3v) is 4.84. The van der Waals surface area contributed by atoms with Gasteiger partial charge in [0.05, 0.1) is 0 Å². The van der Waals surface area contributed by atoms with Crippen molar-refractivity contribution in [1.82, 2.24) is 0 Å². The summed E-state index contributed by atoms with van der Waals surface area (Å²) in [5.74, 6) is -3.65. The first-order valence-corrected chi connectivity index (χ1v) is 11.7. The van der Waals surface area contributed by atoms with Crippen LogP contribution >= 0.6 is 0 Å². The average molecular weight is 545 g/mol. The van der Waals surface area contributed by atoms with Gasteiger partial charge in [-0.05, 0) is 70.2 Å². The number of benzene rings is 2. The highest BCUT2D eigenvalue weighted by atomic mass is 16.6. The van der Waals surface area contributed by atoms with Gasteiger partial charge in [-0.15, -0.1) is 0 Å². The molecule has 0 saturated carbocycles. The van der Waals surface area contributed by atoms with Crippen LogP contribution in [0.2, 0.25) is 0 Å². The number of ketones is 1. The molecule has 206 valence electrons. The number of hydrogen-bond donors (Lipinski definition) is 0. The lowest BCUT2D eigenvalue weighted by Gasteiger charge is -2.12. The number of esters is 4. The number of carbonyl (C=O) groups excluding carboxylic acids is 5. The molecule has 0 atom stereocenters. The van der Waals surface area contributed by atoms with E-state index in [1.54, 1.807) is 0 Å². The monoisotopic (exact) mass is 544 g/mol. The number of allylic oxidation sites excluding steroid dienone is 1. The predicted molar refractivity (Wildman–Crippen MR) is 148 cm³/mol. The van der Waals surface area contributed by atoms with Crippen molar-refractivity contribution >= 4 is 35.7 Å². The van der Waals surface area contributed by atoms with E-state index < -0.39 is 29.7 Å². The van der Waals surface area contributed by atoms with Crippen molar-refractivity contribution in [3.8, 4) is 23.0 Å². The Bertz CT molecular complexity index is 1490. The topological polar surface area (TPSA) is 122 Å². The molecule has 9 nitrogen and oxygen atoms in total. The number of ether oxygens (including phenoxy) is 4. The SMILES string of the molecule is C=C(C)C(=O)Oc1ccc(C=CC(=O)c2ccc(OC(=O)C(=C)C)c(OC(=O)C(=C)C)c2)c(OC(=O)C(=C)C)c1. The largest absolute Gasteiger partial charge is 0.423 e. The minimum Gasteiger partial charge on any atom is -0.423 e. The van der Waals surface area contributed by atoms with Crippen molar-refractivity contribution in [2.24, 2.45) is 0 Å². The third kappa shape index (κ3) is 8.63. The van der Waals surface area contributed by atoms with Crippen LogP contribution in [0.4, 0.5) is 0 Å². The highest BCUT2D eigenvalue weighted by Crippen LogP contribution is 2.31. The highest BCUT2D eigenvalue weighted by Gasteiger charge is 2.18. The molecule has 2 aromatic carbocycles. The Morgan fingerprint density at radius 2 is 1.05 bits per heavy atom. The minimum absolute atomic E-state index is 0.00203. The van der Waals surface area contributed by atoms with E-state index in [0.29, 0.717) is 5.56 Å². The van der Waals surface area contributed by atoms with Crippen LogP contribution in [0.5, 0.6) is 23.0 Å². The second kappa shape index (κ2) is 13.5. The maximum atomic E-state index is 13.0. The lowest BCUT2D eigenvalue weighted by Crippen LogP contribution is -2.13. The first kappa shape index (κ1) is 30.9. The maximum Gasteiger partial charge on any atom is 0.338 e. The van der Waals surface area contributed by atoms with Crippen LogP contribution < -0.4 is 18.9 Å². The molecule has 2 aromatic rings. The van der Waals surface area contributed by atoms with E-state index in [4.69, 9.17) is 18.9 Å². The summed E-state index contributed by atoms with van der Waals surface area (Å²) in [4.78, 5) is 61.2. The van der Waals surface area contributed by atoms with Gasteiger partial charge in [0, 0.05) is 39.5 Å². The van der Waals surface area contributed by atoms with Crippen LogP contribution in [-0.2, 0) is 19.2 Å². The highest BCUT2D eigenvalue weighted by molar-refractivity contribution is 6.07. The number of hydrogen-bond acceptors (Lipinski definition) is 9. The van der Waals surface area contributed by atoms with Crippen LogP contribution in [-0.4, -0.2) is 29.7 Å². The summed E-state index contributed by atoms with van der Waals surface area (Å²) >= 11 is 0. The van der Waals surface area contributed by atoms with Gasteiger partial charge in [0.2, 0.25) is 0 Å². The lowest BCUT2D eigenvalue weighted by molar-refractivity contribution is -0.132. The van der Waals surface area contributed by atoms with E-state index in [1.165, 1.54) is 76.2 Å². The summed E-state index contributed by atoms with van der Waals surface area (Å²) in [6.07, 6.45) is 2.56. The molecule has 0 radical (unpaired) electrons. The molecular weight excluding hydrogens is 516 g/mol. The van der Waals surface area contributed by atoms with Crippen LogP contribution in [0.1, 0.15) is 43.6 Å². The fraction of sp³-hybridized carbons (Fsp3) is 0.129. The van der Waals surface area contributed by atoms with Gasteiger partial charge >= 0.3 is 23.9 Å². The quantitative estimate of drug-likeness (QED) is 0.156. The fourth-order valence-electron chi connectivity index (χ4n) is 2.65. The van der Waals surface area contributed by atoms with E-state index >= 15 is 0 Å². The van der Waals surface area contributed by atoms with Gasteiger partial charge in [-0.3, -0.25) is 4.79 Å². The Kier molecular flexibility index (Phi) is 10.4. The van der Waals surface area contributed by atoms with Crippen LogP contribution in [0.25, 0.3) is 6.08 Å². The molecule has 0 N–H and O–H groups in total. The molecule has 0 aliphatic heterocycles. The fourth-order valence-corrected chi connectivity index (χ4v) is 2.65. The van der Waals surface area contributed by atoms with Gasteiger partial charge < -0.3 is 18.9 Å². The van der Waals surface area contributed by atoms with Crippen molar-refractivity contribution in [3.63, 3.8) is 0 Å². The zero-order valence-electron chi connectivity index (χ0n) is 22.6. The Hall–Kier alpha value is -5.31. The Morgan fingerprint density at radius 1 is 0.575 bits per heavy atom. The zero-order valence-corrected chi connectivity index (χ0v) is 22.6. The van der Waals surface area contributed by atoms with E-state index in [2.05, 4.69) is 26.3 Å². The smallest absolute Gasteiger partial charge is 0.338 e. The summed E-state index contributed by atoms with van der Waals surface area (Å²) in [6.45, 7) is 19.9.